The van der Waals surface area contributed by atoms with Crippen molar-refractivity contribution in [3.63, 3.8) is 0 Å². The summed E-state index contributed by atoms with van der Waals surface area (Å²) in [4.78, 5) is 0. The van der Waals surface area contributed by atoms with Crippen LogP contribution in [0.25, 0.3) is 0 Å². The molecule has 1 aromatic carbocycles. The molecule has 2 rings (SSSR count). The lowest BCUT2D eigenvalue weighted by atomic mass is 10.1. The van der Waals surface area contributed by atoms with E-state index in [0.29, 0.717) is 6.04 Å². The van der Waals surface area contributed by atoms with Crippen molar-refractivity contribution < 1.29 is 0 Å². The summed E-state index contributed by atoms with van der Waals surface area (Å²) >= 11 is 1.87. The van der Waals surface area contributed by atoms with Crippen molar-refractivity contribution in [1.82, 2.24) is 15.1 Å². The number of aryl methyl sites for hydroxylation is 3. The summed E-state index contributed by atoms with van der Waals surface area (Å²) in [6.07, 6.45) is 0. The average Bonchev–Trinajstić information content (AvgIpc) is 2.69. The predicted molar refractivity (Wildman–Crippen MR) is 90.7 cm³/mol. The maximum absolute atomic E-state index is 4.58. The molecule has 1 heterocycles. The van der Waals surface area contributed by atoms with Crippen molar-refractivity contribution in [2.75, 3.05) is 0 Å². The predicted octanol–water partition coefficient (Wildman–Crippen LogP) is 3.83. The summed E-state index contributed by atoms with van der Waals surface area (Å²) < 4.78 is 2.01. The van der Waals surface area contributed by atoms with Crippen LogP contribution in [0.4, 0.5) is 0 Å². The van der Waals surface area contributed by atoms with Crippen molar-refractivity contribution in [2.45, 2.75) is 51.1 Å². The molecule has 114 valence electrons. The molecule has 0 atom stereocenters. The Kier molecular flexibility index (Phi) is 5.48. The Hall–Kier alpha value is -1.26. The molecule has 0 saturated carbocycles. The maximum Gasteiger partial charge on any atom is 0.0987 e. The van der Waals surface area contributed by atoms with Gasteiger partial charge in [-0.25, -0.2) is 0 Å². The van der Waals surface area contributed by atoms with Crippen LogP contribution in [-0.4, -0.2) is 15.8 Å². The monoisotopic (exact) mass is 303 g/mol. The van der Waals surface area contributed by atoms with Crippen LogP contribution in [0.5, 0.6) is 0 Å². The van der Waals surface area contributed by atoms with Crippen molar-refractivity contribution in [3.8, 4) is 0 Å². The first-order valence-corrected chi connectivity index (χ1v) is 8.40. The molecule has 0 fully saturated rings. The number of thioether (sulfide) groups is 1. The number of benzene rings is 1. The minimum atomic E-state index is 0.485. The third-order valence-electron chi connectivity index (χ3n) is 3.60. The van der Waals surface area contributed by atoms with Gasteiger partial charge in [0.25, 0.3) is 0 Å². The first-order chi connectivity index (χ1) is 9.99. The Bertz CT molecular complexity index is 602. The van der Waals surface area contributed by atoms with Gasteiger partial charge in [0, 0.05) is 31.0 Å². The number of hydrogen-bond acceptors (Lipinski definition) is 3. The van der Waals surface area contributed by atoms with Crippen LogP contribution in [0.2, 0.25) is 0 Å². The molecule has 1 aromatic heterocycles. The summed E-state index contributed by atoms with van der Waals surface area (Å²) in [5.74, 6) is 0.986. The zero-order valence-electron chi connectivity index (χ0n) is 13.6. The molecule has 1 N–H and O–H groups in total. The highest BCUT2D eigenvalue weighted by Crippen LogP contribution is 2.28. The number of rotatable bonds is 6. The van der Waals surface area contributed by atoms with Crippen LogP contribution in [0.15, 0.2) is 29.3 Å². The maximum atomic E-state index is 4.58. The average molecular weight is 303 g/mol. The molecular weight excluding hydrogens is 278 g/mol. The lowest BCUT2D eigenvalue weighted by molar-refractivity contribution is 0.580. The number of aromatic nitrogens is 2. The Labute approximate surface area is 132 Å². The van der Waals surface area contributed by atoms with Crippen molar-refractivity contribution >= 4 is 11.8 Å². The van der Waals surface area contributed by atoms with Gasteiger partial charge < -0.3 is 5.32 Å². The standard InChI is InChI=1S/C17H25N3S/c1-12(2)18-10-16-14(4)19-20(5)17(16)21-11-15-9-7-6-8-13(15)3/h6-9,12,18H,10-11H2,1-5H3. The van der Waals surface area contributed by atoms with Gasteiger partial charge in [0.2, 0.25) is 0 Å². The summed E-state index contributed by atoms with van der Waals surface area (Å²) in [6, 6.07) is 9.07. The quantitative estimate of drug-likeness (QED) is 0.823. The van der Waals surface area contributed by atoms with Crippen molar-refractivity contribution in [3.05, 3.63) is 46.6 Å². The lowest BCUT2D eigenvalue weighted by Gasteiger charge is -2.11. The highest BCUT2D eigenvalue weighted by Gasteiger charge is 2.14. The molecule has 0 aliphatic heterocycles. The molecule has 0 saturated heterocycles. The second kappa shape index (κ2) is 7.14. The molecule has 0 aliphatic carbocycles. The van der Waals surface area contributed by atoms with Crippen LogP contribution in [0.1, 0.15) is 36.2 Å². The zero-order valence-corrected chi connectivity index (χ0v) is 14.4. The van der Waals surface area contributed by atoms with Gasteiger partial charge in [0.05, 0.1) is 10.7 Å². The van der Waals surface area contributed by atoms with E-state index in [-0.39, 0.29) is 0 Å². The SMILES string of the molecule is Cc1ccccc1CSc1c(CNC(C)C)c(C)nn1C. The fourth-order valence-electron chi connectivity index (χ4n) is 2.29. The third kappa shape index (κ3) is 4.11. The Morgan fingerprint density at radius 2 is 1.95 bits per heavy atom. The van der Waals surface area contributed by atoms with Crippen molar-refractivity contribution in [2.24, 2.45) is 7.05 Å². The van der Waals surface area contributed by atoms with E-state index >= 15 is 0 Å². The minimum absolute atomic E-state index is 0.485. The number of nitrogens with zero attached hydrogens (tertiary/aromatic N) is 2. The fourth-order valence-corrected chi connectivity index (χ4v) is 3.53. The van der Waals surface area contributed by atoms with Crippen LogP contribution in [-0.2, 0) is 19.3 Å². The molecule has 2 aromatic rings. The van der Waals surface area contributed by atoms with E-state index in [0.717, 1.165) is 18.0 Å². The largest absolute Gasteiger partial charge is 0.310 e. The number of hydrogen-bond donors (Lipinski definition) is 1. The zero-order chi connectivity index (χ0) is 15.4. The van der Waals surface area contributed by atoms with Gasteiger partial charge in [-0.2, -0.15) is 5.10 Å². The number of nitrogens with one attached hydrogen (secondary N) is 1. The summed E-state index contributed by atoms with van der Waals surface area (Å²) in [5.41, 5.74) is 5.19. The van der Waals surface area contributed by atoms with Crippen LogP contribution < -0.4 is 5.32 Å². The molecule has 0 amide bonds. The van der Waals surface area contributed by atoms with Gasteiger partial charge in [0.15, 0.2) is 0 Å². The van der Waals surface area contributed by atoms with Crippen LogP contribution in [0.3, 0.4) is 0 Å². The topological polar surface area (TPSA) is 29.9 Å². The molecule has 0 radical (unpaired) electrons. The Morgan fingerprint density at radius 1 is 1.24 bits per heavy atom. The van der Waals surface area contributed by atoms with E-state index in [4.69, 9.17) is 0 Å². The molecule has 3 nitrogen and oxygen atoms in total. The first-order valence-electron chi connectivity index (χ1n) is 7.42. The summed E-state index contributed by atoms with van der Waals surface area (Å²) in [6.45, 7) is 9.49. The minimum Gasteiger partial charge on any atom is -0.310 e. The van der Waals surface area contributed by atoms with E-state index in [2.05, 4.69) is 62.4 Å². The summed E-state index contributed by atoms with van der Waals surface area (Å²) in [5, 5.41) is 9.35. The lowest BCUT2D eigenvalue weighted by Crippen LogP contribution is -2.22. The van der Waals surface area contributed by atoms with E-state index in [9.17, 15) is 0 Å². The first kappa shape index (κ1) is 16.1. The van der Waals surface area contributed by atoms with E-state index in [1.165, 1.54) is 21.7 Å². The van der Waals surface area contributed by atoms with E-state index in [1.807, 2.05) is 23.5 Å². The van der Waals surface area contributed by atoms with Crippen molar-refractivity contribution in [1.29, 1.82) is 0 Å². The fraction of sp³-hybridized carbons (Fsp3) is 0.471. The molecule has 0 aliphatic rings. The molecule has 4 heteroatoms. The van der Waals surface area contributed by atoms with E-state index < -0.39 is 0 Å². The van der Waals surface area contributed by atoms with Crippen LogP contribution in [0, 0.1) is 13.8 Å². The van der Waals surface area contributed by atoms with E-state index in [1.54, 1.807) is 0 Å². The highest BCUT2D eigenvalue weighted by atomic mass is 32.2. The second-order valence-electron chi connectivity index (χ2n) is 5.74. The smallest absolute Gasteiger partial charge is 0.0987 e. The Morgan fingerprint density at radius 3 is 2.62 bits per heavy atom. The molecular formula is C17H25N3S. The van der Waals surface area contributed by atoms with Gasteiger partial charge in [-0.1, -0.05) is 38.1 Å². The van der Waals surface area contributed by atoms with Gasteiger partial charge in [-0.05, 0) is 25.0 Å². The van der Waals surface area contributed by atoms with Gasteiger partial charge >= 0.3 is 0 Å². The molecule has 0 bridgehead atoms. The highest BCUT2D eigenvalue weighted by molar-refractivity contribution is 7.98. The van der Waals surface area contributed by atoms with Gasteiger partial charge in [-0.3, -0.25) is 4.68 Å². The third-order valence-corrected chi connectivity index (χ3v) is 4.84. The van der Waals surface area contributed by atoms with Crippen LogP contribution >= 0.6 is 11.8 Å². The van der Waals surface area contributed by atoms with Gasteiger partial charge in [0.1, 0.15) is 0 Å². The second-order valence-corrected chi connectivity index (χ2v) is 6.71. The molecule has 0 unspecified atom stereocenters. The Balaban J connectivity index is 2.14. The molecule has 0 spiro atoms. The van der Waals surface area contributed by atoms with Gasteiger partial charge in [-0.15, -0.1) is 11.8 Å². The normalized spacial score (nSPS) is 11.3. The molecule has 21 heavy (non-hydrogen) atoms. The summed E-state index contributed by atoms with van der Waals surface area (Å²) in [7, 11) is 2.03.